The molecular formula is C10H11FN6S. The van der Waals surface area contributed by atoms with E-state index in [1.807, 2.05) is 6.92 Å². The number of rotatable bonds is 4. The molecule has 18 heavy (non-hydrogen) atoms. The molecule has 0 aromatic carbocycles. The average molecular weight is 266 g/mol. The fraction of sp³-hybridized carbons (Fsp3) is 0.500. The summed E-state index contributed by atoms with van der Waals surface area (Å²) in [4.78, 5) is 7.85. The molecule has 0 N–H and O–H groups in total. The third-order valence-corrected chi connectivity index (χ3v) is 3.64. The Morgan fingerprint density at radius 2 is 2.28 bits per heavy atom. The zero-order valence-electron chi connectivity index (χ0n) is 9.75. The smallest absolute Gasteiger partial charge is 0.215 e. The number of aryl methyl sites for hydroxylation is 1. The lowest BCUT2D eigenvalue weighted by molar-refractivity contribution is 0.551. The van der Waals surface area contributed by atoms with Gasteiger partial charge in [0.2, 0.25) is 5.16 Å². The Morgan fingerprint density at radius 1 is 1.44 bits per heavy atom. The Bertz CT molecular complexity index is 567. The fourth-order valence-corrected chi connectivity index (χ4v) is 2.43. The van der Waals surface area contributed by atoms with Gasteiger partial charge in [0, 0.05) is 0 Å². The molecule has 94 valence electrons. The third kappa shape index (κ3) is 2.07. The zero-order valence-corrected chi connectivity index (χ0v) is 10.6. The van der Waals surface area contributed by atoms with Crippen molar-refractivity contribution in [2.24, 2.45) is 0 Å². The summed E-state index contributed by atoms with van der Waals surface area (Å²) < 4.78 is 15.7. The number of nitrogens with zero attached hydrogens (tertiary/aromatic N) is 6. The topological polar surface area (TPSA) is 69.4 Å². The molecule has 0 atom stereocenters. The fourth-order valence-electron chi connectivity index (χ4n) is 1.59. The molecule has 3 rings (SSSR count). The predicted molar refractivity (Wildman–Crippen MR) is 61.6 cm³/mol. The van der Waals surface area contributed by atoms with Gasteiger partial charge in [0.15, 0.2) is 5.82 Å². The average Bonchev–Trinajstić information content (AvgIpc) is 3.13. The first kappa shape index (κ1) is 11.5. The minimum Gasteiger partial charge on any atom is -0.238 e. The molecule has 1 aliphatic rings. The second-order valence-corrected chi connectivity index (χ2v) is 4.99. The summed E-state index contributed by atoms with van der Waals surface area (Å²) in [7, 11) is 0. The Morgan fingerprint density at radius 3 is 3.00 bits per heavy atom. The molecule has 0 radical (unpaired) electrons. The van der Waals surface area contributed by atoms with Crippen LogP contribution in [0.4, 0.5) is 4.39 Å². The van der Waals surface area contributed by atoms with Crippen molar-refractivity contribution in [3.8, 4) is 0 Å². The molecule has 0 unspecified atom stereocenters. The van der Waals surface area contributed by atoms with E-state index in [1.54, 1.807) is 4.68 Å². The molecule has 0 aliphatic heterocycles. The maximum atomic E-state index is 14.0. The first-order chi connectivity index (χ1) is 8.79. The largest absolute Gasteiger partial charge is 0.238 e. The van der Waals surface area contributed by atoms with Crippen LogP contribution in [0.15, 0.2) is 16.5 Å². The van der Waals surface area contributed by atoms with Crippen LogP contribution in [0.2, 0.25) is 0 Å². The molecule has 2 heterocycles. The molecule has 0 amide bonds. The van der Waals surface area contributed by atoms with Crippen molar-refractivity contribution in [1.82, 2.24) is 30.2 Å². The van der Waals surface area contributed by atoms with E-state index in [0.717, 1.165) is 24.6 Å². The number of hydrogen-bond donors (Lipinski definition) is 0. The molecule has 0 saturated heterocycles. The van der Waals surface area contributed by atoms with Crippen molar-refractivity contribution < 1.29 is 4.39 Å². The molecule has 2 aromatic heterocycles. The van der Waals surface area contributed by atoms with Crippen LogP contribution in [0, 0.1) is 5.82 Å². The van der Waals surface area contributed by atoms with Crippen LogP contribution in [0.5, 0.6) is 0 Å². The highest BCUT2D eigenvalue weighted by Gasteiger charge is 2.28. The highest BCUT2D eigenvalue weighted by molar-refractivity contribution is 7.99. The summed E-state index contributed by atoms with van der Waals surface area (Å²) in [5, 5.41) is 12.3. The van der Waals surface area contributed by atoms with E-state index in [9.17, 15) is 4.39 Å². The molecule has 0 bridgehead atoms. The summed E-state index contributed by atoms with van der Waals surface area (Å²) in [6.07, 6.45) is 4.06. The predicted octanol–water partition coefficient (Wildman–Crippen LogP) is 1.65. The van der Waals surface area contributed by atoms with Crippen LogP contribution in [0.1, 0.15) is 31.5 Å². The second-order valence-electron chi connectivity index (χ2n) is 4.03. The molecule has 2 aromatic rings. The monoisotopic (exact) mass is 266 g/mol. The van der Waals surface area contributed by atoms with Gasteiger partial charge in [0.25, 0.3) is 0 Å². The molecule has 6 nitrogen and oxygen atoms in total. The van der Waals surface area contributed by atoms with E-state index in [1.165, 1.54) is 6.33 Å². The van der Waals surface area contributed by atoms with E-state index >= 15 is 0 Å². The van der Waals surface area contributed by atoms with Gasteiger partial charge in [0.05, 0.1) is 11.7 Å². The van der Waals surface area contributed by atoms with E-state index < -0.39 is 0 Å². The van der Waals surface area contributed by atoms with Crippen LogP contribution >= 0.6 is 11.8 Å². The van der Waals surface area contributed by atoms with Crippen LogP contribution in [0.25, 0.3) is 0 Å². The SMILES string of the molecule is CCc1ncnc(Sc2nnnn2C2CC2)c1F. The Hall–Kier alpha value is -1.57. The molecule has 1 aliphatic carbocycles. The van der Waals surface area contributed by atoms with E-state index in [0.29, 0.717) is 23.3 Å². The van der Waals surface area contributed by atoms with Crippen molar-refractivity contribution in [1.29, 1.82) is 0 Å². The maximum absolute atomic E-state index is 14.0. The first-order valence-electron chi connectivity index (χ1n) is 5.74. The van der Waals surface area contributed by atoms with Gasteiger partial charge in [0.1, 0.15) is 11.4 Å². The quantitative estimate of drug-likeness (QED) is 0.784. The maximum Gasteiger partial charge on any atom is 0.215 e. The van der Waals surface area contributed by atoms with Gasteiger partial charge >= 0.3 is 0 Å². The molecule has 0 spiro atoms. The second kappa shape index (κ2) is 4.60. The van der Waals surface area contributed by atoms with Gasteiger partial charge in [-0.3, -0.25) is 0 Å². The molecule has 8 heteroatoms. The minimum absolute atomic E-state index is 0.276. The van der Waals surface area contributed by atoms with Crippen LogP contribution in [-0.2, 0) is 6.42 Å². The number of halogens is 1. The highest BCUT2D eigenvalue weighted by Crippen LogP contribution is 2.38. The number of tetrazole rings is 1. The van der Waals surface area contributed by atoms with Gasteiger partial charge in [-0.05, 0) is 41.5 Å². The summed E-state index contributed by atoms with van der Waals surface area (Å²) in [6, 6.07) is 0.359. The third-order valence-electron chi connectivity index (χ3n) is 2.71. The van der Waals surface area contributed by atoms with Crippen LogP contribution < -0.4 is 0 Å². The molecular weight excluding hydrogens is 255 g/mol. The summed E-state index contributed by atoms with van der Waals surface area (Å²) >= 11 is 1.15. The molecule has 1 saturated carbocycles. The van der Waals surface area contributed by atoms with E-state index in [4.69, 9.17) is 0 Å². The lowest BCUT2D eigenvalue weighted by Crippen LogP contribution is -2.01. The van der Waals surface area contributed by atoms with Crippen molar-refractivity contribution in [3.63, 3.8) is 0 Å². The zero-order chi connectivity index (χ0) is 12.5. The van der Waals surface area contributed by atoms with E-state index in [-0.39, 0.29) is 10.8 Å². The van der Waals surface area contributed by atoms with Gasteiger partial charge in [-0.15, -0.1) is 5.10 Å². The van der Waals surface area contributed by atoms with Crippen molar-refractivity contribution >= 4 is 11.8 Å². The Kier molecular flexibility index (Phi) is 2.94. The summed E-state index contributed by atoms with van der Waals surface area (Å²) in [6.45, 7) is 1.86. The summed E-state index contributed by atoms with van der Waals surface area (Å²) in [5.74, 6) is -0.379. The van der Waals surface area contributed by atoms with Gasteiger partial charge < -0.3 is 0 Å². The van der Waals surface area contributed by atoms with Crippen LogP contribution in [0.3, 0.4) is 0 Å². The summed E-state index contributed by atoms with van der Waals surface area (Å²) in [5.41, 5.74) is 0.415. The van der Waals surface area contributed by atoms with Crippen molar-refractivity contribution in [2.45, 2.75) is 42.4 Å². The van der Waals surface area contributed by atoms with Crippen molar-refractivity contribution in [3.05, 3.63) is 17.8 Å². The Balaban J connectivity index is 1.89. The van der Waals surface area contributed by atoms with Crippen molar-refractivity contribution in [2.75, 3.05) is 0 Å². The number of aromatic nitrogens is 6. The lowest BCUT2D eigenvalue weighted by Gasteiger charge is -2.04. The van der Waals surface area contributed by atoms with Gasteiger partial charge in [-0.2, -0.15) is 0 Å². The number of hydrogen-bond acceptors (Lipinski definition) is 6. The van der Waals surface area contributed by atoms with E-state index in [2.05, 4.69) is 25.5 Å². The highest BCUT2D eigenvalue weighted by atomic mass is 32.2. The standard InChI is InChI=1S/C10H11FN6S/c1-2-7-8(11)9(13-5-12-7)18-10-14-15-16-17(10)6-3-4-6/h5-6H,2-4H2,1H3. The Labute approximate surface area is 107 Å². The van der Waals surface area contributed by atoms with Crippen LogP contribution in [-0.4, -0.2) is 30.2 Å². The van der Waals surface area contributed by atoms with Gasteiger partial charge in [-0.25, -0.2) is 19.0 Å². The first-order valence-corrected chi connectivity index (χ1v) is 6.56. The minimum atomic E-state index is -0.379. The van der Waals surface area contributed by atoms with Gasteiger partial charge in [-0.1, -0.05) is 6.92 Å². The lowest BCUT2D eigenvalue weighted by atomic mass is 10.3. The molecule has 1 fully saturated rings. The normalized spacial score (nSPS) is 15.0.